The average molecular weight is 319 g/mol. The second-order valence-corrected chi connectivity index (χ2v) is 4.33. The van der Waals surface area contributed by atoms with E-state index >= 15 is 0 Å². The minimum absolute atomic E-state index is 0.0194. The molecule has 1 aromatic carbocycles. The van der Waals surface area contributed by atoms with Crippen LogP contribution < -0.4 is 0 Å². The fourth-order valence-corrected chi connectivity index (χ4v) is 2.08. The third-order valence-corrected chi connectivity index (χ3v) is 3.10. The highest BCUT2D eigenvalue weighted by Gasteiger charge is 2.25. The van der Waals surface area contributed by atoms with E-state index < -0.39 is 50.3 Å². The number of ether oxygens (including phenoxy) is 1. The number of aromatic hydroxyl groups is 1. The third kappa shape index (κ3) is 2.19. The molecular formula is C12H8F3NO4S. The number of hydrogen-bond acceptors (Lipinski definition) is 5. The molecule has 1 heterocycles. The Labute approximate surface area is 120 Å². The smallest absolute Gasteiger partial charge is 0.345 e. The van der Waals surface area contributed by atoms with Crippen LogP contribution in [0.3, 0.4) is 0 Å². The average Bonchev–Trinajstić information content (AvgIpc) is 2.42. The van der Waals surface area contributed by atoms with E-state index in [0.717, 1.165) is 0 Å². The molecule has 0 aliphatic carbocycles. The van der Waals surface area contributed by atoms with Gasteiger partial charge in [-0.3, -0.25) is 0 Å². The van der Waals surface area contributed by atoms with Gasteiger partial charge in [0.05, 0.1) is 12.0 Å². The Morgan fingerprint density at radius 1 is 1.38 bits per heavy atom. The summed E-state index contributed by atoms with van der Waals surface area (Å²) < 4.78 is 44.1. The third-order valence-electron chi connectivity index (χ3n) is 2.73. The van der Waals surface area contributed by atoms with E-state index in [0.29, 0.717) is 6.07 Å². The molecule has 0 radical (unpaired) electrons. The minimum atomic E-state index is -1.84. The van der Waals surface area contributed by atoms with Crippen molar-refractivity contribution < 1.29 is 33.0 Å². The summed E-state index contributed by atoms with van der Waals surface area (Å²) in [5.74, 6) is -7.18. The quantitative estimate of drug-likeness (QED) is 0.385. The van der Waals surface area contributed by atoms with Crippen LogP contribution in [0.5, 0.6) is 5.75 Å². The fraction of sp³-hybridized carbons (Fsp3) is 0.167. The molecule has 0 atom stereocenters. The number of pyridine rings is 1. The van der Waals surface area contributed by atoms with Crippen LogP contribution in [0.4, 0.5) is 13.2 Å². The van der Waals surface area contributed by atoms with Crippen molar-refractivity contribution in [3.8, 4) is 5.75 Å². The maximum absolute atomic E-state index is 13.7. The first-order valence-electron chi connectivity index (χ1n) is 5.62. The van der Waals surface area contributed by atoms with Gasteiger partial charge in [0.15, 0.2) is 22.1 Å². The van der Waals surface area contributed by atoms with Gasteiger partial charge in [-0.15, -0.1) is 0 Å². The van der Waals surface area contributed by atoms with Crippen LogP contribution in [0.25, 0.3) is 10.9 Å². The van der Waals surface area contributed by atoms with Crippen molar-refractivity contribution in [2.75, 3.05) is 6.61 Å². The lowest BCUT2D eigenvalue weighted by atomic mass is 10.1. The van der Waals surface area contributed by atoms with E-state index in [9.17, 15) is 28.3 Å². The SMILES string of the molecule is CCOC(=O)c1c(O)c2cc(F)c(F)c(F)c2n(O)c1=S. The number of nitrogens with zero attached hydrogens (tertiary/aromatic N) is 1. The van der Waals surface area contributed by atoms with Gasteiger partial charge in [-0.2, -0.15) is 4.73 Å². The van der Waals surface area contributed by atoms with Crippen molar-refractivity contribution in [1.82, 2.24) is 4.73 Å². The van der Waals surface area contributed by atoms with Crippen molar-refractivity contribution >= 4 is 29.1 Å². The summed E-state index contributed by atoms with van der Waals surface area (Å²) in [6.45, 7) is 1.43. The molecule has 0 fully saturated rings. The molecule has 1 aromatic heterocycles. The first-order valence-corrected chi connectivity index (χ1v) is 6.03. The summed E-state index contributed by atoms with van der Waals surface area (Å²) in [6, 6.07) is 0.438. The van der Waals surface area contributed by atoms with Gasteiger partial charge < -0.3 is 15.1 Å². The van der Waals surface area contributed by atoms with Crippen LogP contribution in [0.1, 0.15) is 17.3 Å². The second kappa shape index (κ2) is 5.24. The Morgan fingerprint density at radius 3 is 2.57 bits per heavy atom. The molecule has 21 heavy (non-hydrogen) atoms. The predicted octanol–water partition coefficient (Wildman–Crippen LogP) is 2.91. The predicted molar refractivity (Wildman–Crippen MR) is 67.5 cm³/mol. The van der Waals surface area contributed by atoms with E-state index in [2.05, 4.69) is 4.74 Å². The zero-order valence-electron chi connectivity index (χ0n) is 10.5. The summed E-state index contributed by atoms with van der Waals surface area (Å²) >= 11 is 4.70. The minimum Gasteiger partial charge on any atom is -0.506 e. The lowest BCUT2D eigenvalue weighted by Crippen LogP contribution is -2.12. The number of esters is 1. The van der Waals surface area contributed by atoms with Crippen LogP contribution >= 0.6 is 12.2 Å². The van der Waals surface area contributed by atoms with Crippen LogP contribution in [-0.4, -0.2) is 27.6 Å². The second-order valence-electron chi connectivity index (χ2n) is 3.94. The molecule has 9 heteroatoms. The Bertz CT molecular complexity index is 819. The van der Waals surface area contributed by atoms with E-state index in [4.69, 9.17) is 12.2 Å². The molecule has 0 spiro atoms. The van der Waals surface area contributed by atoms with Crippen LogP contribution in [-0.2, 0) is 4.74 Å². The molecule has 0 saturated carbocycles. The van der Waals surface area contributed by atoms with Gasteiger partial charge >= 0.3 is 5.97 Å². The number of fused-ring (bicyclic) bond motifs is 1. The molecule has 0 unspecified atom stereocenters. The highest BCUT2D eigenvalue weighted by Crippen LogP contribution is 2.33. The molecule has 2 aromatic rings. The topological polar surface area (TPSA) is 71.7 Å². The molecule has 0 bridgehead atoms. The van der Waals surface area contributed by atoms with Gasteiger partial charge in [-0.1, -0.05) is 12.2 Å². The zero-order valence-corrected chi connectivity index (χ0v) is 11.3. The maximum atomic E-state index is 13.7. The molecule has 2 rings (SSSR count). The lowest BCUT2D eigenvalue weighted by Gasteiger charge is -2.12. The van der Waals surface area contributed by atoms with Crippen LogP contribution in [0.15, 0.2) is 6.07 Å². The van der Waals surface area contributed by atoms with Gasteiger partial charge in [-0.05, 0) is 13.0 Å². The number of halogens is 3. The molecule has 2 N–H and O–H groups in total. The summed E-state index contributed by atoms with van der Waals surface area (Å²) in [6.07, 6.45) is 0. The van der Waals surface area contributed by atoms with Crippen molar-refractivity contribution in [1.29, 1.82) is 0 Å². The van der Waals surface area contributed by atoms with E-state index in [-0.39, 0.29) is 11.3 Å². The zero-order chi connectivity index (χ0) is 15.9. The number of carbonyl (C=O) groups excluding carboxylic acids is 1. The highest BCUT2D eigenvalue weighted by molar-refractivity contribution is 7.71. The van der Waals surface area contributed by atoms with Gasteiger partial charge in [0.2, 0.25) is 0 Å². The van der Waals surface area contributed by atoms with Crippen molar-refractivity contribution in [2.24, 2.45) is 0 Å². The van der Waals surface area contributed by atoms with Crippen molar-refractivity contribution in [3.05, 3.63) is 33.7 Å². The van der Waals surface area contributed by atoms with E-state index in [1.54, 1.807) is 0 Å². The fourth-order valence-electron chi connectivity index (χ4n) is 1.80. The first-order chi connectivity index (χ1) is 9.81. The molecule has 0 amide bonds. The molecule has 0 aliphatic rings. The molecule has 0 aliphatic heterocycles. The molecule has 5 nitrogen and oxygen atoms in total. The number of rotatable bonds is 2. The van der Waals surface area contributed by atoms with Crippen molar-refractivity contribution in [3.63, 3.8) is 0 Å². The van der Waals surface area contributed by atoms with E-state index in [1.165, 1.54) is 6.92 Å². The summed E-state index contributed by atoms with van der Waals surface area (Å²) in [4.78, 5) is 11.7. The number of hydrogen-bond donors (Lipinski definition) is 2. The number of benzene rings is 1. The lowest BCUT2D eigenvalue weighted by molar-refractivity contribution is 0.0517. The molecular weight excluding hydrogens is 311 g/mol. The molecule has 0 saturated heterocycles. The van der Waals surface area contributed by atoms with Gasteiger partial charge in [0.25, 0.3) is 0 Å². The Balaban J connectivity index is 2.98. The van der Waals surface area contributed by atoms with Gasteiger partial charge in [0, 0.05) is 0 Å². The highest BCUT2D eigenvalue weighted by atomic mass is 32.1. The Hall–Kier alpha value is -2.29. The summed E-state index contributed by atoms with van der Waals surface area (Å²) in [5.41, 5.74) is -1.53. The largest absolute Gasteiger partial charge is 0.506 e. The van der Waals surface area contributed by atoms with Gasteiger partial charge in [-0.25, -0.2) is 18.0 Å². The normalized spacial score (nSPS) is 10.9. The Morgan fingerprint density at radius 2 is 2.00 bits per heavy atom. The van der Waals surface area contributed by atoms with E-state index in [1.807, 2.05) is 0 Å². The molecule has 112 valence electrons. The summed E-state index contributed by atoms with van der Waals surface area (Å²) in [5, 5.41) is 19.1. The van der Waals surface area contributed by atoms with Crippen LogP contribution in [0, 0.1) is 22.1 Å². The standard InChI is InChI=1S/C12H8F3NO4S/c1-2-20-12(18)6-10(17)4-3-5(13)7(14)8(15)9(4)16(19)11(6)21/h3,17,19H,2H2,1H3. The van der Waals surface area contributed by atoms with Crippen molar-refractivity contribution in [2.45, 2.75) is 6.92 Å². The van der Waals surface area contributed by atoms with Gasteiger partial charge in [0.1, 0.15) is 16.8 Å². The summed E-state index contributed by atoms with van der Waals surface area (Å²) in [7, 11) is 0. The first kappa shape index (κ1) is 15.1. The monoisotopic (exact) mass is 319 g/mol. The maximum Gasteiger partial charge on any atom is 0.345 e. The van der Waals surface area contributed by atoms with Crippen LogP contribution in [0.2, 0.25) is 0 Å². The number of carbonyl (C=O) groups is 1. The Kier molecular flexibility index (Phi) is 3.77. The number of aromatic nitrogens is 1.